The van der Waals surface area contributed by atoms with Gasteiger partial charge in [-0.3, -0.25) is 14.4 Å². The first kappa shape index (κ1) is 51.7. The zero-order chi connectivity index (χ0) is 40.4. The van der Waals surface area contributed by atoms with Crippen LogP contribution >= 0.6 is 11.8 Å². The SMILES string of the molecule is CCCCCCCCC(CCCCCC)OC(=O)CCCN(CCCC(=O)OC(CCCCCCC)CCCCCCC)C(=O)SC1CCN(C(C)C)CC1. The number of rotatable bonds is 36. The van der Waals surface area contributed by atoms with E-state index in [9.17, 15) is 14.4 Å². The van der Waals surface area contributed by atoms with Crippen molar-refractivity contribution in [3.8, 4) is 0 Å². The van der Waals surface area contributed by atoms with Crippen LogP contribution in [-0.2, 0) is 19.1 Å². The fourth-order valence-electron chi connectivity index (χ4n) is 7.77. The van der Waals surface area contributed by atoms with Gasteiger partial charge in [-0.2, -0.15) is 0 Å². The number of likely N-dealkylation sites (tertiary alicyclic amines) is 1. The molecule has 0 aromatic carbocycles. The van der Waals surface area contributed by atoms with E-state index in [0.29, 0.717) is 50.1 Å². The van der Waals surface area contributed by atoms with Crippen LogP contribution in [-0.4, -0.2) is 76.7 Å². The van der Waals surface area contributed by atoms with E-state index in [2.05, 4.69) is 46.4 Å². The number of nitrogens with zero attached hydrogens (tertiary/aromatic N) is 2. The van der Waals surface area contributed by atoms with Gasteiger partial charge >= 0.3 is 11.9 Å². The highest BCUT2D eigenvalue weighted by molar-refractivity contribution is 8.14. The van der Waals surface area contributed by atoms with E-state index in [1.54, 1.807) is 0 Å². The van der Waals surface area contributed by atoms with Crippen molar-refractivity contribution < 1.29 is 23.9 Å². The second kappa shape index (κ2) is 35.8. The summed E-state index contributed by atoms with van der Waals surface area (Å²) < 4.78 is 12.2. The van der Waals surface area contributed by atoms with Gasteiger partial charge in [0.2, 0.25) is 0 Å². The van der Waals surface area contributed by atoms with Crippen LogP contribution in [0.4, 0.5) is 4.79 Å². The number of ether oxygens (including phenoxy) is 2. The van der Waals surface area contributed by atoms with Crippen LogP contribution in [0.1, 0.15) is 234 Å². The zero-order valence-corrected chi connectivity index (χ0v) is 38.0. The average Bonchev–Trinajstić information content (AvgIpc) is 3.16. The second-order valence-electron chi connectivity index (χ2n) is 16.9. The minimum absolute atomic E-state index is 0.00282. The van der Waals surface area contributed by atoms with Gasteiger partial charge in [0, 0.05) is 37.2 Å². The van der Waals surface area contributed by atoms with Crippen molar-refractivity contribution >= 4 is 28.9 Å². The number of hydrogen-bond donors (Lipinski definition) is 0. The van der Waals surface area contributed by atoms with Crippen LogP contribution in [0.5, 0.6) is 0 Å². The molecule has 324 valence electrons. The molecule has 1 unspecified atom stereocenters. The first-order valence-electron chi connectivity index (χ1n) is 23.8. The predicted molar refractivity (Wildman–Crippen MR) is 236 cm³/mol. The molecular weight excluding hydrogens is 705 g/mol. The van der Waals surface area contributed by atoms with E-state index in [0.717, 1.165) is 77.3 Å². The van der Waals surface area contributed by atoms with Crippen molar-refractivity contribution in [3.05, 3.63) is 0 Å². The molecule has 8 heteroatoms. The number of unbranched alkanes of at least 4 members (excludes halogenated alkanes) is 16. The highest BCUT2D eigenvalue weighted by Crippen LogP contribution is 2.27. The normalized spacial score (nSPS) is 14.5. The predicted octanol–water partition coefficient (Wildman–Crippen LogP) is 13.8. The molecule has 0 N–H and O–H groups in total. The molecule has 1 atom stereocenters. The molecule has 1 rings (SSSR count). The van der Waals surface area contributed by atoms with E-state index in [4.69, 9.17) is 9.47 Å². The summed E-state index contributed by atoms with van der Waals surface area (Å²) in [6, 6.07) is 0.529. The highest BCUT2D eigenvalue weighted by atomic mass is 32.2. The number of carbonyl (C=O) groups is 3. The molecule has 1 aliphatic heterocycles. The molecule has 7 nitrogen and oxygen atoms in total. The van der Waals surface area contributed by atoms with Gasteiger partial charge in [-0.1, -0.05) is 142 Å². The number of thioether (sulfide) groups is 1. The van der Waals surface area contributed by atoms with Gasteiger partial charge < -0.3 is 19.3 Å². The largest absolute Gasteiger partial charge is 0.462 e. The maximum atomic E-state index is 13.7. The van der Waals surface area contributed by atoms with Gasteiger partial charge in [0.05, 0.1) is 0 Å². The van der Waals surface area contributed by atoms with E-state index < -0.39 is 0 Å². The van der Waals surface area contributed by atoms with Gasteiger partial charge in [-0.15, -0.1) is 0 Å². The fourth-order valence-corrected chi connectivity index (χ4v) is 8.83. The van der Waals surface area contributed by atoms with Gasteiger partial charge in [0.15, 0.2) is 0 Å². The first-order valence-corrected chi connectivity index (χ1v) is 24.7. The molecule has 0 bridgehead atoms. The van der Waals surface area contributed by atoms with E-state index in [1.807, 2.05) is 4.90 Å². The van der Waals surface area contributed by atoms with E-state index in [-0.39, 0.29) is 29.4 Å². The third-order valence-electron chi connectivity index (χ3n) is 11.5. The molecule has 0 spiro atoms. The molecule has 1 amide bonds. The van der Waals surface area contributed by atoms with Crippen molar-refractivity contribution in [1.29, 1.82) is 0 Å². The van der Waals surface area contributed by atoms with Crippen LogP contribution in [0.15, 0.2) is 0 Å². The maximum Gasteiger partial charge on any atom is 0.306 e. The van der Waals surface area contributed by atoms with Crippen LogP contribution in [0.2, 0.25) is 0 Å². The van der Waals surface area contributed by atoms with Crippen LogP contribution in [0, 0.1) is 0 Å². The average molecular weight is 795 g/mol. The molecule has 0 saturated carbocycles. The Labute approximate surface area is 345 Å². The Morgan fingerprint density at radius 1 is 0.545 bits per heavy atom. The molecule has 55 heavy (non-hydrogen) atoms. The summed E-state index contributed by atoms with van der Waals surface area (Å²) >= 11 is 1.47. The number of piperidine rings is 1. The maximum absolute atomic E-state index is 13.7. The Bertz CT molecular complexity index is 911. The summed E-state index contributed by atoms with van der Waals surface area (Å²) in [5.74, 6) is -0.265. The molecule has 1 aliphatic rings. The van der Waals surface area contributed by atoms with Crippen molar-refractivity contribution in [2.45, 2.75) is 258 Å². The van der Waals surface area contributed by atoms with Crippen LogP contribution in [0.25, 0.3) is 0 Å². The minimum atomic E-state index is -0.133. The lowest BCUT2D eigenvalue weighted by Gasteiger charge is -2.34. The van der Waals surface area contributed by atoms with Gasteiger partial charge in [0.25, 0.3) is 5.24 Å². The Kier molecular flexibility index (Phi) is 33.7. The minimum Gasteiger partial charge on any atom is -0.462 e. The van der Waals surface area contributed by atoms with E-state index >= 15 is 0 Å². The van der Waals surface area contributed by atoms with Gasteiger partial charge in [-0.25, -0.2) is 0 Å². The van der Waals surface area contributed by atoms with Gasteiger partial charge in [-0.05, 0) is 104 Å². The summed E-state index contributed by atoms with van der Waals surface area (Å²) in [5.41, 5.74) is 0. The highest BCUT2D eigenvalue weighted by Gasteiger charge is 2.26. The molecular formula is C47H90N2O5S. The smallest absolute Gasteiger partial charge is 0.306 e. The van der Waals surface area contributed by atoms with Crippen molar-refractivity contribution in [2.75, 3.05) is 26.2 Å². The Morgan fingerprint density at radius 3 is 1.25 bits per heavy atom. The quantitative estimate of drug-likeness (QED) is 0.0462. The van der Waals surface area contributed by atoms with Crippen LogP contribution in [0.3, 0.4) is 0 Å². The Morgan fingerprint density at radius 2 is 0.891 bits per heavy atom. The van der Waals surface area contributed by atoms with Crippen molar-refractivity contribution in [3.63, 3.8) is 0 Å². The molecule has 1 heterocycles. The third kappa shape index (κ3) is 28.7. The lowest BCUT2D eigenvalue weighted by atomic mass is 10.0. The molecule has 1 fully saturated rings. The van der Waals surface area contributed by atoms with Gasteiger partial charge in [0.1, 0.15) is 12.2 Å². The summed E-state index contributed by atoms with van der Waals surface area (Å²) in [4.78, 5) is 44.4. The summed E-state index contributed by atoms with van der Waals surface area (Å²) in [7, 11) is 0. The number of amides is 1. The zero-order valence-electron chi connectivity index (χ0n) is 37.2. The van der Waals surface area contributed by atoms with Crippen LogP contribution < -0.4 is 0 Å². The number of esters is 2. The van der Waals surface area contributed by atoms with Crippen molar-refractivity contribution in [2.24, 2.45) is 0 Å². The first-order chi connectivity index (χ1) is 26.7. The number of carbonyl (C=O) groups excluding carboxylic acids is 3. The molecule has 0 aromatic rings. The van der Waals surface area contributed by atoms with Crippen molar-refractivity contribution in [1.82, 2.24) is 9.80 Å². The molecule has 0 radical (unpaired) electrons. The Hall–Kier alpha value is -1.28. The standard InChI is InChI=1S/C47H90N2O5S/c1-7-11-15-19-22-26-32-42(29-23-18-14-10-4)53-45(50)33-27-37-49(47(52)55-44-35-39-48(40-36-44)41(5)6)38-28-34-46(51)54-43(30-24-20-16-12-8-2)31-25-21-17-13-9-3/h41-44H,7-40H2,1-6H3. The molecule has 0 aliphatic carbocycles. The Balaban J connectivity index is 2.76. The monoisotopic (exact) mass is 795 g/mol. The fraction of sp³-hybridized carbons (Fsp3) is 0.936. The lowest BCUT2D eigenvalue weighted by Crippen LogP contribution is -2.40. The summed E-state index contributed by atoms with van der Waals surface area (Å²) in [6.07, 6.45) is 32.0. The topological polar surface area (TPSA) is 76.1 Å². The summed E-state index contributed by atoms with van der Waals surface area (Å²) in [5, 5.41) is 0.393. The van der Waals surface area contributed by atoms with E-state index in [1.165, 1.54) is 114 Å². The molecule has 0 aromatic heterocycles. The molecule has 1 saturated heterocycles. The second-order valence-corrected chi connectivity index (χ2v) is 18.2. The lowest BCUT2D eigenvalue weighted by molar-refractivity contribution is -0.150. The third-order valence-corrected chi connectivity index (χ3v) is 12.7. The summed E-state index contributed by atoms with van der Waals surface area (Å²) in [6.45, 7) is 16.5. The number of hydrogen-bond acceptors (Lipinski definition) is 7.